The molecule has 4 aromatic rings. The molecule has 1 aromatic carbocycles. The summed E-state index contributed by atoms with van der Waals surface area (Å²) < 4.78 is 6.98. The first kappa shape index (κ1) is 15.7. The van der Waals surface area contributed by atoms with Crippen LogP contribution < -0.4 is 0 Å². The zero-order valence-corrected chi connectivity index (χ0v) is 13.6. The van der Waals surface area contributed by atoms with Crippen LogP contribution >= 0.6 is 0 Å². The molecule has 0 bridgehead atoms. The topological polar surface area (TPSA) is 111 Å². The lowest BCUT2D eigenvalue weighted by Crippen LogP contribution is -2.04. The molecule has 0 saturated heterocycles. The minimum atomic E-state index is -1.12. The van der Waals surface area contributed by atoms with E-state index >= 15 is 0 Å². The molecule has 128 valence electrons. The van der Waals surface area contributed by atoms with Crippen LogP contribution in [0.4, 0.5) is 0 Å². The summed E-state index contributed by atoms with van der Waals surface area (Å²) in [6.07, 6.45) is 4.65. The molecule has 8 heteroatoms. The minimum absolute atomic E-state index is 0.0814. The van der Waals surface area contributed by atoms with Gasteiger partial charge in [-0.3, -0.25) is 4.79 Å². The van der Waals surface area contributed by atoms with Gasteiger partial charge in [0.05, 0.1) is 6.20 Å². The second-order valence-corrected chi connectivity index (χ2v) is 5.63. The van der Waals surface area contributed by atoms with E-state index in [-0.39, 0.29) is 11.6 Å². The van der Waals surface area contributed by atoms with E-state index in [1.54, 1.807) is 24.5 Å². The number of nitrogens with zero attached hydrogens (tertiary/aromatic N) is 4. The molecule has 3 aromatic heterocycles. The predicted octanol–water partition coefficient (Wildman–Crippen LogP) is 3.11. The van der Waals surface area contributed by atoms with Gasteiger partial charge in [0.25, 0.3) is 0 Å². The average Bonchev–Trinajstić information content (AvgIpc) is 3.28. The number of oxazole rings is 1. The van der Waals surface area contributed by atoms with Gasteiger partial charge in [0.15, 0.2) is 5.58 Å². The van der Waals surface area contributed by atoms with Gasteiger partial charge in [-0.25, -0.2) is 19.4 Å². The van der Waals surface area contributed by atoms with Crippen molar-refractivity contribution in [3.63, 3.8) is 0 Å². The fourth-order valence-corrected chi connectivity index (χ4v) is 2.56. The lowest BCUT2D eigenvalue weighted by Gasteiger charge is -1.96. The summed E-state index contributed by atoms with van der Waals surface area (Å²) in [7, 11) is 0. The van der Waals surface area contributed by atoms with Crippen molar-refractivity contribution in [1.29, 1.82) is 0 Å². The quantitative estimate of drug-likeness (QED) is 0.605. The highest BCUT2D eigenvalue weighted by Gasteiger charge is 2.13. The first-order valence-corrected chi connectivity index (χ1v) is 7.67. The van der Waals surface area contributed by atoms with Gasteiger partial charge in [0, 0.05) is 30.4 Å². The molecule has 0 fully saturated rings. The summed E-state index contributed by atoms with van der Waals surface area (Å²) in [6.45, 7) is 1.43. The normalized spacial score (nSPS) is 11.0. The smallest absolute Gasteiger partial charge is 0.354 e. The Kier molecular flexibility index (Phi) is 3.58. The van der Waals surface area contributed by atoms with Crippen LogP contribution in [0, 0.1) is 0 Å². The lowest BCUT2D eigenvalue weighted by atomic mass is 10.1. The van der Waals surface area contributed by atoms with Gasteiger partial charge < -0.3 is 9.52 Å². The second kappa shape index (κ2) is 5.92. The first-order chi connectivity index (χ1) is 12.5. The number of pyridine rings is 1. The van der Waals surface area contributed by atoms with Crippen molar-refractivity contribution >= 4 is 23.0 Å². The zero-order chi connectivity index (χ0) is 18.3. The highest BCUT2D eigenvalue weighted by Crippen LogP contribution is 2.28. The molecular weight excluding hydrogens is 336 g/mol. The van der Waals surface area contributed by atoms with Crippen LogP contribution in [0.1, 0.15) is 22.2 Å². The number of carbonyl (C=O) groups is 2. The molecule has 1 N–H and O–H groups in total. The molecule has 8 nitrogen and oxygen atoms in total. The Bertz CT molecular complexity index is 1160. The van der Waals surface area contributed by atoms with Crippen molar-refractivity contribution in [3.05, 3.63) is 54.6 Å². The molecule has 26 heavy (non-hydrogen) atoms. The number of fused-ring (bicyclic) bond motifs is 1. The summed E-state index contributed by atoms with van der Waals surface area (Å²) in [6, 6.07) is 8.47. The van der Waals surface area contributed by atoms with Crippen LogP contribution in [0.5, 0.6) is 0 Å². The largest absolute Gasteiger partial charge is 0.477 e. The predicted molar refractivity (Wildman–Crippen MR) is 91.7 cm³/mol. The molecule has 4 rings (SSSR count). The maximum Gasteiger partial charge on any atom is 0.354 e. The lowest BCUT2D eigenvalue weighted by molar-refractivity contribution is 0.0690. The number of carboxylic acids is 1. The van der Waals surface area contributed by atoms with Crippen LogP contribution in [0.2, 0.25) is 0 Å². The van der Waals surface area contributed by atoms with Crippen LogP contribution in [0.3, 0.4) is 0 Å². The van der Waals surface area contributed by atoms with Gasteiger partial charge in [-0.15, -0.1) is 0 Å². The molecule has 0 spiro atoms. The third-order valence-electron chi connectivity index (χ3n) is 3.85. The maximum absolute atomic E-state index is 11.4. The van der Waals surface area contributed by atoms with Crippen molar-refractivity contribution in [2.75, 3.05) is 0 Å². The molecule has 0 atom stereocenters. The van der Waals surface area contributed by atoms with Crippen molar-refractivity contribution < 1.29 is 19.1 Å². The number of benzene rings is 1. The summed E-state index contributed by atoms with van der Waals surface area (Å²) in [5, 5.41) is 13.1. The van der Waals surface area contributed by atoms with E-state index in [4.69, 9.17) is 9.52 Å². The van der Waals surface area contributed by atoms with Gasteiger partial charge in [0.1, 0.15) is 11.2 Å². The van der Waals surface area contributed by atoms with Gasteiger partial charge in [-0.1, -0.05) is 6.07 Å². The summed E-state index contributed by atoms with van der Waals surface area (Å²) >= 11 is 0. The fraction of sp³-hybridized carbons (Fsp3) is 0.0556. The van der Waals surface area contributed by atoms with Gasteiger partial charge in [-0.2, -0.15) is 5.10 Å². The van der Waals surface area contributed by atoms with Crippen LogP contribution in [0.15, 0.2) is 53.3 Å². The van der Waals surface area contributed by atoms with Crippen LogP contribution in [-0.2, 0) is 0 Å². The highest BCUT2D eigenvalue weighted by atomic mass is 16.4. The van der Waals surface area contributed by atoms with E-state index in [1.165, 1.54) is 23.9 Å². The molecule has 0 unspecified atom stereocenters. The van der Waals surface area contributed by atoms with Gasteiger partial charge in [-0.05, 0) is 29.8 Å². The summed E-state index contributed by atoms with van der Waals surface area (Å²) in [5.74, 6) is -0.984. The molecule has 0 aliphatic rings. The molecule has 0 amide bonds. The van der Waals surface area contributed by atoms with E-state index in [2.05, 4.69) is 15.1 Å². The van der Waals surface area contributed by atoms with E-state index in [0.717, 1.165) is 11.1 Å². The van der Waals surface area contributed by atoms with Crippen molar-refractivity contribution in [2.24, 2.45) is 0 Å². The number of carboxylic acid groups (broad SMARTS) is 1. The van der Waals surface area contributed by atoms with Gasteiger partial charge >= 0.3 is 5.97 Å². The third-order valence-corrected chi connectivity index (χ3v) is 3.85. The number of carbonyl (C=O) groups excluding carboxylic acids is 1. The minimum Gasteiger partial charge on any atom is -0.477 e. The van der Waals surface area contributed by atoms with Crippen LogP contribution in [0.25, 0.3) is 33.7 Å². The number of aromatic carboxylic acids is 1. The number of hydrogen-bond donors (Lipinski definition) is 1. The summed E-state index contributed by atoms with van der Waals surface area (Å²) in [4.78, 5) is 30.6. The van der Waals surface area contributed by atoms with E-state index < -0.39 is 5.97 Å². The maximum atomic E-state index is 11.4. The molecule has 0 saturated carbocycles. The van der Waals surface area contributed by atoms with Crippen molar-refractivity contribution in [3.8, 4) is 22.6 Å². The number of rotatable bonds is 3. The van der Waals surface area contributed by atoms with E-state index in [0.29, 0.717) is 22.6 Å². The third kappa shape index (κ3) is 2.73. The highest BCUT2D eigenvalue weighted by molar-refractivity contribution is 5.87. The monoisotopic (exact) mass is 348 g/mol. The Morgan fingerprint density at radius 2 is 1.96 bits per heavy atom. The Morgan fingerprint density at radius 1 is 1.12 bits per heavy atom. The fourth-order valence-electron chi connectivity index (χ4n) is 2.56. The Hall–Kier alpha value is -3.81. The van der Waals surface area contributed by atoms with E-state index in [9.17, 15) is 9.59 Å². The standard InChI is InChI=1S/C18H12N4O4/c1-10(23)22-9-13(8-20-22)11-2-3-16-14(6-11)21-17(26-16)12-4-5-19-15(7-12)18(24)25/h2-9H,1H3,(H,24,25). The molecule has 0 aliphatic carbocycles. The summed E-state index contributed by atoms with van der Waals surface area (Å²) in [5.41, 5.74) is 3.24. The SMILES string of the molecule is CC(=O)n1cc(-c2ccc3oc(-c4ccnc(C(=O)O)c4)nc3c2)cn1. The number of aromatic nitrogens is 4. The van der Waals surface area contributed by atoms with E-state index in [1.807, 2.05) is 12.1 Å². The van der Waals surface area contributed by atoms with Crippen molar-refractivity contribution in [2.45, 2.75) is 6.92 Å². The Morgan fingerprint density at radius 3 is 2.69 bits per heavy atom. The molecule has 3 heterocycles. The second-order valence-electron chi connectivity index (χ2n) is 5.63. The molecular formula is C18H12N4O4. The molecule has 0 aliphatic heterocycles. The van der Waals surface area contributed by atoms with Crippen molar-refractivity contribution in [1.82, 2.24) is 19.7 Å². The first-order valence-electron chi connectivity index (χ1n) is 7.67. The van der Waals surface area contributed by atoms with Gasteiger partial charge in [0.2, 0.25) is 11.8 Å². The zero-order valence-electron chi connectivity index (χ0n) is 13.6. The molecule has 0 radical (unpaired) electrons. The Balaban J connectivity index is 1.75. The number of hydrogen-bond acceptors (Lipinski definition) is 6. The van der Waals surface area contributed by atoms with Crippen LogP contribution in [-0.4, -0.2) is 36.7 Å². The average molecular weight is 348 g/mol. The Labute approximate surface area is 146 Å².